The smallest absolute Gasteiger partial charge is 0.306 e. The normalized spacial score (nSPS) is 32.4. The minimum Gasteiger partial charge on any atom is -0.481 e. The Hall–Kier alpha value is -0.610. The lowest BCUT2D eigenvalue weighted by Crippen LogP contribution is -2.44. The Morgan fingerprint density at radius 1 is 1.22 bits per heavy atom. The molecule has 0 bridgehead atoms. The van der Waals surface area contributed by atoms with Gasteiger partial charge in [-0.2, -0.15) is 0 Å². The molecule has 0 aromatic rings. The first-order chi connectivity index (χ1) is 8.59. The van der Waals surface area contributed by atoms with Crippen LogP contribution in [-0.4, -0.2) is 34.9 Å². The Bertz CT molecular complexity index is 281. The molecule has 0 amide bonds. The third kappa shape index (κ3) is 4.25. The predicted octanol–water partition coefficient (Wildman–Crippen LogP) is 1.77. The molecule has 2 saturated carbocycles. The number of nitrogens with one attached hydrogen (secondary N) is 1. The summed E-state index contributed by atoms with van der Waals surface area (Å²) < 4.78 is 0. The van der Waals surface area contributed by atoms with Gasteiger partial charge in [0.1, 0.15) is 0 Å². The lowest BCUT2D eigenvalue weighted by Gasteiger charge is -2.34. The largest absolute Gasteiger partial charge is 0.481 e. The molecule has 2 rings (SSSR count). The highest BCUT2D eigenvalue weighted by Gasteiger charge is 2.35. The van der Waals surface area contributed by atoms with Gasteiger partial charge in [-0.1, -0.05) is 12.8 Å². The fourth-order valence-electron chi connectivity index (χ4n) is 2.82. The van der Waals surface area contributed by atoms with Crippen LogP contribution in [0.5, 0.6) is 0 Å². The molecule has 4 heteroatoms. The lowest BCUT2D eigenvalue weighted by molar-refractivity contribution is -0.144. The molecule has 0 radical (unpaired) electrons. The van der Waals surface area contributed by atoms with E-state index in [2.05, 4.69) is 5.32 Å². The topological polar surface area (TPSA) is 69.6 Å². The lowest BCUT2D eigenvalue weighted by atomic mass is 9.79. The van der Waals surface area contributed by atoms with Gasteiger partial charge in [-0.05, 0) is 51.0 Å². The molecule has 18 heavy (non-hydrogen) atoms. The summed E-state index contributed by atoms with van der Waals surface area (Å²) in [4.78, 5) is 10.8. The summed E-state index contributed by atoms with van der Waals surface area (Å²) in [6.45, 7) is 1.59. The van der Waals surface area contributed by atoms with Crippen LogP contribution < -0.4 is 5.32 Å². The van der Waals surface area contributed by atoms with Gasteiger partial charge in [0.15, 0.2) is 0 Å². The van der Waals surface area contributed by atoms with Crippen molar-refractivity contribution in [1.82, 2.24) is 5.32 Å². The molecule has 0 aliphatic heterocycles. The zero-order valence-electron chi connectivity index (χ0n) is 11.0. The Morgan fingerprint density at radius 3 is 2.44 bits per heavy atom. The molecule has 0 unspecified atom stereocenters. The van der Waals surface area contributed by atoms with Gasteiger partial charge in [-0.3, -0.25) is 4.79 Å². The quantitative estimate of drug-likeness (QED) is 0.606. The minimum atomic E-state index is -0.713. The maximum atomic E-state index is 10.8. The second-order valence-electron chi connectivity index (χ2n) is 6.10. The zero-order valence-corrected chi connectivity index (χ0v) is 11.0. The van der Waals surface area contributed by atoms with E-state index in [0.717, 1.165) is 12.5 Å². The van der Waals surface area contributed by atoms with E-state index in [4.69, 9.17) is 5.11 Å². The van der Waals surface area contributed by atoms with Gasteiger partial charge >= 0.3 is 5.97 Å². The van der Waals surface area contributed by atoms with E-state index in [0.29, 0.717) is 32.2 Å². The van der Waals surface area contributed by atoms with E-state index in [-0.39, 0.29) is 5.92 Å². The molecule has 2 fully saturated rings. The van der Waals surface area contributed by atoms with Crippen molar-refractivity contribution in [3.05, 3.63) is 0 Å². The predicted molar refractivity (Wildman–Crippen MR) is 69.4 cm³/mol. The van der Waals surface area contributed by atoms with Crippen LogP contribution in [0.4, 0.5) is 0 Å². The van der Waals surface area contributed by atoms with E-state index in [9.17, 15) is 9.90 Å². The Balaban J connectivity index is 1.58. The van der Waals surface area contributed by atoms with Crippen LogP contribution in [0.2, 0.25) is 0 Å². The van der Waals surface area contributed by atoms with Crippen LogP contribution in [0.3, 0.4) is 0 Å². The number of carbonyl (C=O) groups is 1. The summed E-state index contributed by atoms with van der Waals surface area (Å²) in [7, 11) is 0. The van der Waals surface area contributed by atoms with Gasteiger partial charge < -0.3 is 15.5 Å². The van der Waals surface area contributed by atoms with E-state index in [1.807, 2.05) is 0 Å². The number of carboxylic acids is 1. The molecule has 2 aliphatic carbocycles. The summed E-state index contributed by atoms with van der Waals surface area (Å²) in [6.07, 6.45) is 7.75. The van der Waals surface area contributed by atoms with E-state index in [1.54, 1.807) is 0 Å². The summed E-state index contributed by atoms with van der Waals surface area (Å²) in [5.41, 5.74) is -0.675. The molecular formula is C14H25NO3. The highest BCUT2D eigenvalue weighted by molar-refractivity contribution is 5.70. The highest BCUT2D eigenvalue weighted by Crippen LogP contribution is 2.33. The van der Waals surface area contributed by atoms with Gasteiger partial charge in [-0.25, -0.2) is 0 Å². The molecule has 0 saturated heterocycles. The van der Waals surface area contributed by atoms with Gasteiger partial charge in [0.25, 0.3) is 0 Å². The second kappa shape index (κ2) is 6.02. The average Bonchev–Trinajstić information content (AvgIpc) is 3.13. The summed E-state index contributed by atoms with van der Waals surface area (Å²) in [6, 6.07) is 0. The SMILES string of the molecule is O=C(O)C1CCC(O)(CNCCCC2CC2)CC1. The van der Waals surface area contributed by atoms with Crippen molar-refractivity contribution in [1.29, 1.82) is 0 Å². The van der Waals surface area contributed by atoms with Crippen molar-refractivity contribution in [2.24, 2.45) is 11.8 Å². The van der Waals surface area contributed by atoms with Gasteiger partial charge in [0.2, 0.25) is 0 Å². The van der Waals surface area contributed by atoms with Gasteiger partial charge in [-0.15, -0.1) is 0 Å². The molecule has 4 nitrogen and oxygen atoms in total. The maximum absolute atomic E-state index is 10.8. The van der Waals surface area contributed by atoms with Crippen LogP contribution in [0, 0.1) is 11.8 Å². The highest BCUT2D eigenvalue weighted by atomic mass is 16.4. The summed E-state index contributed by atoms with van der Waals surface area (Å²) in [5, 5.41) is 22.6. The Morgan fingerprint density at radius 2 is 1.89 bits per heavy atom. The summed E-state index contributed by atoms with van der Waals surface area (Å²) in [5.74, 6) is 0.00970. The number of hydrogen-bond donors (Lipinski definition) is 3. The fourth-order valence-corrected chi connectivity index (χ4v) is 2.82. The minimum absolute atomic E-state index is 0.250. The van der Waals surface area contributed by atoms with Crippen molar-refractivity contribution in [2.75, 3.05) is 13.1 Å². The molecular weight excluding hydrogens is 230 g/mol. The van der Waals surface area contributed by atoms with Crippen LogP contribution in [0.15, 0.2) is 0 Å². The average molecular weight is 255 g/mol. The van der Waals surface area contributed by atoms with Crippen molar-refractivity contribution >= 4 is 5.97 Å². The first kappa shape index (κ1) is 13.8. The number of aliphatic carboxylic acids is 1. The number of carboxylic acid groups (broad SMARTS) is 1. The monoisotopic (exact) mass is 255 g/mol. The molecule has 0 atom stereocenters. The van der Waals surface area contributed by atoms with Crippen molar-refractivity contribution in [3.63, 3.8) is 0 Å². The third-order valence-corrected chi connectivity index (χ3v) is 4.38. The fraction of sp³-hybridized carbons (Fsp3) is 0.929. The van der Waals surface area contributed by atoms with E-state index in [1.165, 1.54) is 25.7 Å². The van der Waals surface area contributed by atoms with Crippen LogP contribution in [0.25, 0.3) is 0 Å². The molecule has 0 aromatic heterocycles. The molecule has 3 N–H and O–H groups in total. The van der Waals surface area contributed by atoms with Crippen molar-refractivity contribution in [2.45, 2.75) is 57.0 Å². The number of rotatable bonds is 7. The standard InChI is InChI=1S/C14H25NO3/c16-13(17)12-5-7-14(18,8-6-12)10-15-9-1-2-11-3-4-11/h11-12,15,18H,1-10H2,(H,16,17). The molecule has 0 aromatic carbocycles. The van der Waals surface area contributed by atoms with Gasteiger partial charge in [0, 0.05) is 6.54 Å². The van der Waals surface area contributed by atoms with Crippen molar-refractivity contribution < 1.29 is 15.0 Å². The van der Waals surface area contributed by atoms with E-state index < -0.39 is 11.6 Å². The first-order valence-electron chi connectivity index (χ1n) is 7.25. The van der Waals surface area contributed by atoms with Crippen LogP contribution in [-0.2, 0) is 4.79 Å². The molecule has 2 aliphatic rings. The maximum Gasteiger partial charge on any atom is 0.306 e. The number of hydrogen-bond acceptors (Lipinski definition) is 3. The van der Waals surface area contributed by atoms with Crippen molar-refractivity contribution in [3.8, 4) is 0 Å². The molecule has 0 spiro atoms. The van der Waals surface area contributed by atoms with Crippen LogP contribution in [0.1, 0.15) is 51.4 Å². The van der Waals surface area contributed by atoms with E-state index >= 15 is 0 Å². The number of aliphatic hydroxyl groups is 1. The summed E-state index contributed by atoms with van der Waals surface area (Å²) >= 11 is 0. The Labute approximate surface area is 109 Å². The zero-order chi connectivity index (χ0) is 13.0. The second-order valence-corrected chi connectivity index (χ2v) is 6.10. The van der Waals surface area contributed by atoms with Crippen LogP contribution >= 0.6 is 0 Å². The third-order valence-electron chi connectivity index (χ3n) is 4.38. The first-order valence-corrected chi connectivity index (χ1v) is 7.25. The molecule has 104 valence electrons. The molecule has 0 heterocycles. The van der Waals surface area contributed by atoms with Gasteiger partial charge in [0.05, 0.1) is 11.5 Å². The Kier molecular flexibility index (Phi) is 4.62.